The van der Waals surface area contributed by atoms with Crippen molar-refractivity contribution in [3.05, 3.63) is 48.0 Å². The SMILES string of the molecule is COc1ccc(NC(=O)Nc2cccc3c2O[C@H](CN(C)C(=O)NC(C)C)[C@H](C)CN([C@@H](C)CO)C3=O)cc1. The topological polar surface area (TPSA) is 132 Å². The smallest absolute Gasteiger partial charge is 0.323 e. The van der Waals surface area contributed by atoms with Crippen LogP contribution in [0.25, 0.3) is 0 Å². The van der Waals surface area contributed by atoms with Gasteiger partial charge in [0.15, 0.2) is 5.75 Å². The van der Waals surface area contributed by atoms with Crippen LogP contribution < -0.4 is 25.4 Å². The van der Waals surface area contributed by atoms with Crippen LogP contribution in [0.4, 0.5) is 21.0 Å². The molecule has 39 heavy (non-hydrogen) atoms. The lowest BCUT2D eigenvalue weighted by molar-refractivity contribution is 0.0368. The van der Waals surface area contributed by atoms with Crippen molar-refractivity contribution in [2.24, 2.45) is 5.92 Å². The summed E-state index contributed by atoms with van der Waals surface area (Å²) in [7, 11) is 3.24. The van der Waals surface area contributed by atoms with E-state index in [1.54, 1.807) is 68.4 Å². The molecule has 0 bridgehead atoms. The number of fused-ring (bicyclic) bond motifs is 1. The van der Waals surface area contributed by atoms with E-state index in [9.17, 15) is 19.5 Å². The highest BCUT2D eigenvalue weighted by molar-refractivity contribution is 6.04. The number of nitrogens with zero attached hydrogens (tertiary/aromatic N) is 2. The van der Waals surface area contributed by atoms with E-state index in [1.807, 2.05) is 20.8 Å². The predicted octanol–water partition coefficient (Wildman–Crippen LogP) is 3.61. The number of nitrogens with one attached hydrogen (secondary N) is 3. The van der Waals surface area contributed by atoms with Gasteiger partial charge in [-0.25, -0.2) is 9.59 Å². The normalized spacial score (nSPS) is 17.7. The third kappa shape index (κ3) is 7.53. The molecule has 11 heteroatoms. The quantitative estimate of drug-likeness (QED) is 0.404. The van der Waals surface area contributed by atoms with Crippen molar-refractivity contribution in [3.63, 3.8) is 0 Å². The molecule has 1 heterocycles. The van der Waals surface area contributed by atoms with E-state index in [-0.39, 0.29) is 48.4 Å². The maximum Gasteiger partial charge on any atom is 0.323 e. The van der Waals surface area contributed by atoms with Crippen molar-refractivity contribution in [1.82, 2.24) is 15.1 Å². The lowest BCUT2D eigenvalue weighted by Gasteiger charge is -2.38. The molecule has 1 aliphatic rings. The van der Waals surface area contributed by atoms with E-state index in [2.05, 4.69) is 16.0 Å². The lowest BCUT2D eigenvalue weighted by Crippen LogP contribution is -2.51. The second-order valence-electron chi connectivity index (χ2n) is 10.1. The molecule has 11 nitrogen and oxygen atoms in total. The first-order chi connectivity index (χ1) is 18.5. The van der Waals surface area contributed by atoms with Crippen molar-refractivity contribution >= 4 is 29.3 Å². The molecule has 2 aromatic rings. The van der Waals surface area contributed by atoms with Gasteiger partial charge in [0.25, 0.3) is 5.91 Å². The van der Waals surface area contributed by atoms with Crippen LogP contribution in [-0.4, -0.2) is 84.9 Å². The van der Waals surface area contributed by atoms with E-state index < -0.39 is 18.2 Å². The number of ether oxygens (including phenoxy) is 2. The van der Waals surface area contributed by atoms with Gasteiger partial charge in [-0.05, 0) is 57.2 Å². The van der Waals surface area contributed by atoms with Crippen molar-refractivity contribution in [2.45, 2.75) is 45.9 Å². The average Bonchev–Trinajstić information content (AvgIpc) is 2.90. The fraction of sp³-hybridized carbons (Fsp3) is 0.464. The highest BCUT2D eigenvalue weighted by Gasteiger charge is 2.35. The van der Waals surface area contributed by atoms with Gasteiger partial charge < -0.3 is 40.3 Å². The molecule has 0 aromatic heterocycles. The number of carbonyl (C=O) groups is 3. The van der Waals surface area contributed by atoms with Crippen LogP contribution in [0.2, 0.25) is 0 Å². The second kappa shape index (κ2) is 13.2. The molecule has 4 N–H and O–H groups in total. The maximum absolute atomic E-state index is 13.6. The third-order valence-electron chi connectivity index (χ3n) is 6.50. The monoisotopic (exact) mass is 541 g/mol. The van der Waals surface area contributed by atoms with E-state index in [1.165, 1.54) is 4.90 Å². The molecule has 0 fully saturated rings. The first-order valence-electron chi connectivity index (χ1n) is 13.0. The zero-order valence-corrected chi connectivity index (χ0v) is 23.4. The molecule has 0 spiro atoms. The number of benzene rings is 2. The highest BCUT2D eigenvalue weighted by atomic mass is 16.5. The Balaban J connectivity index is 1.93. The Labute approximate surface area is 229 Å². The van der Waals surface area contributed by atoms with Crippen molar-refractivity contribution in [1.29, 1.82) is 0 Å². The zero-order chi connectivity index (χ0) is 28.7. The van der Waals surface area contributed by atoms with Crippen LogP contribution in [0.3, 0.4) is 0 Å². The summed E-state index contributed by atoms with van der Waals surface area (Å²) in [5, 5.41) is 18.3. The number of hydrogen-bond acceptors (Lipinski definition) is 6. The molecule has 0 unspecified atom stereocenters. The fourth-order valence-electron chi connectivity index (χ4n) is 4.23. The summed E-state index contributed by atoms with van der Waals surface area (Å²) in [4.78, 5) is 42.3. The molecule has 3 rings (SSSR count). The standard InChI is InChI=1S/C28H39N5O6/c1-17(2)29-28(37)32(5)15-24-18(3)14-33(19(4)16-34)26(35)22-8-7-9-23(25(22)39-24)31-27(36)30-20-10-12-21(38-6)13-11-20/h7-13,17-19,24,34H,14-16H2,1-6H3,(H,29,37)(H2,30,31,36)/t18-,19+,24-/m1/s1. The Kier molecular flexibility index (Phi) is 10.00. The van der Waals surface area contributed by atoms with Gasteiger partial charge in [-0.1, -0.05) is 13.0 Å². The molecular weight excluding hydrogens is 502 g/mol. The van der Waals surface area contributed by atoms with Crippen LogP contribution in [-0.2, 0) is 0 Å². The molecule has 0 saturated heterocycles. The van der Waals surface area contributed by atoms with Gasteiger partial charge in [0.1, 0.15) is 11.9 Å². The number of amides is 5. The Bertz CT molecular complexity index is 1160. The van der Waals surface area contributed by atoms with Crippen molar-refractivity contribution < 1.29 is 29.0 Å². The van der Waals surface area contributed by atoms with Gasteiger partial charge in [0, 0.05) is 31.2 Å². The Morgan fingerprint density at radius 3 is 2.46 bits per heavy atom. The summed E-state index contributed by atoms with van der Waals surface area (Å²) in [6, 6.07) is 10.6. The minimum atomic E-state index is -0.523. The van der Waals surface area contributed by atoms with Crippen LogP contribution in [0.5, 0.6) is 11.5 Å². The number of para-hydroxylation sites is 1. The summed E-state index contributed by atoms with van der Waals surface area (Å²) in [6.07, 6.45) is -0.513. The second-order valence-corrected chi connectivity index (χ2v) is 10.1. The van der Waals surface area contributed by atoms with Crippen molar-refractivity contribution in [3.8, 4) is 11.5 Å². The number of methoxy groups -OCH3 is 1. The molecule has 1 aliphatic heterocycles. The molecule has 212 valence electrons. The summed E-state index contributed by atoms with van der Waals surface area (Å²) in [6.45, 7) is 7.81. The summed E-state index contributed by atoms with van der Waals surface area (Å²) in [5.74, 6) is 0.344. The van der Waals surface area contributed by atoms with Crippen LogP contribution in [0.1, 0.15) is 38.1 Å². The molecule has 3 atom stereocenters. The van der Waals surface area contributed by atoms with Gasteiger partial charge in [-0.15, -0.1) is 0 Å². The molecule has 0 radical (unpaired) electrons. The number of hydrogen-bond donors (Lipinski definition) is 4. The fourth-order valence-corrected chi connectivity index (χ4v) is 4.23. The van der Waals surface area contributed by atoms with Gasteiger partial charge >= 0.3 is 12.1 Å². The minimum Gasteiger partial charge on any atom is -0.497 e. The van der Waals surface area contributed by atoms with Gasteiger partial charge in [-0.2, -0.15) is 0 Å². The van der Waals surface area contributed by atoms with Crippen LogP contribution in [0, 0.1) is 5.92 Å². The summed E-state index contributed by atoms with van der Waals surface area (Å²) in [5.41, 5.74) is 1.11. The average molecular weight is 542 g/mol. The molecule has 0 aliphatic carbocycles. The summed E-state index contributed by atoms with van der Waals surface area (Å²) < 4.78 is 11.6. The van der Waals surface area contributed by atoms with E-state index in [0.29, 0.717) is 23.7 Å². The molecule has 5 amide bonds. The van der Waals surface area contributed by atoms with Crippen molar-refractivity contribution in [2.75, 3.05) is 44.5 Å². The zero-order valence-electron chi connectivity index (χ0n) is 23.4. The number of anilines is 2. The lowest BCUT2D eigenvalue weighted by atomic mass is 9.99. The van der Waals surface area contributed by atoms with E-state index >= 15 is 0 Å². The third-order valence-corrected chi connectivity index (χ3v) is 6.50. The van der Waals surface area contributed by atoms with Gasteiger partial charge in [-0.3, -0.25) is 4.79 Å². The number of likely N-dealkylation sites (N-methyl/N-ethyl adjacent to an activating group) is 1. The number of urea groups is 2. The van der Waals surface area contributed by atoms with E-state index in [4.69, 9.17) is 9.47 Å². The van der Waals surface area contributed by atoms with Gasteiger partial charge in [0.05, 0.1) is 37.6 Å². The summed E-state index contributed by atoms with van der Waals surface area (Å²) >= 11 is 0. The largest absolute Gasteiger partial charge is 0.497 e. The minimum absolute atomic E-state index is 0.0325. The van der Waals surface area contributed by atoms with Crippen LogP contribution >= 0.6 is 0 Å². The Morgan fingerprint density at radius 1 is 1.15 bits per heavy atom. The van der Waals surface area contributed by atoms with Gasteiger partial charge in [0.2, 0.25) is 0 Å². The Morgan fingerprint density at radius 2 is 1.85 bits per heavy atom. The molecule has 0 saturated carbocycles. The van der Waals surface area contributed by atoms with Crippen LogP contribution in [0.15, 0.2) is 42.5 Å². The predicted molar refractivity (Wildman–Crippen MR) is 150 cm³/mol. The number of aliphatic hydroxyl groups excluding tert-OH is 1. The number of carbonyl (C=O) groups excluding carboxylic acids is 3. The molecular formula is C28H39N5O6. The van der Waals surface area contributed by atoms with E-state index in [0.717, 1.165) is 0 Å². The first kappa shape index (κ1) is 29.6. The maximum atomic E-state index is 13.6. The number of rotatable bonds is 8. The Hall–Kier alpha value is -3.99. The highest BCUT2D eigenvalue weighted by Crippen LogP contribution is 2.35. The number of aliphatic hydroxyl groups is 1. The molecule has 2 aromatic carbocycles. The first-order valence-corrected chi connectivity index (χ1v) is 13.0.